The summed E-state index contributed by atoms with van der Waals surface area (Å²) in [5.74, 6) is 0.931. The lowest BCUT2D eigenvalue weighted by molar-refractivity contribution is 0.0675. The second kappa shape index (κ2) is 9.04. The molecule has 0 saturated carbocycles. The molecular formula is C24H29FN4O2. The summed E-state index contributed by atoms with van der Waals surface area (Å²) in [6, 6.07) is 8.97. The van der Waals surface area contributed by atoms with Gasteiger partial charge in [-0.15, -0.1) is 0 Å². The molecule has 1 aliphatic rings. The topological polar surface area (TPSA) is 64.2 Å². The van der Waals surface area contributed by atoms with Crippen molar-refractivity contribution < 1.29 is 13.7 Å². The minimum Gasteiger partial charge on any atom is -0.361 e. The Morgan fingerprint density at radius 3 is 2.61 bits per heavy atom. The molecule has 0 radical (unpaired) electrons. The van der Waals surface area contributed by atoms with Crippen molar-refractivity contribution in [3.63, 3.8) is 0 Å². The molecule has 0 unspecified atom stereocenters. The summed E-state index contributed by atoms with van der Waals surface area (Å²) in [6.45, 7) is 7.62. The van der Waals surface area contributed by atoms with E-state index in [1.165, 1.54) is 6.07 Å². The van der Waals surface area contributed by atoms with E-state index in [1.807, 2.05) is 48.6 Å². The van der Waals surface area contributed by atoms with Gasteiger partial charge in [-0.3, -0.25) is 9.48 Å². The molecule has 1 fully saturated rings. The molecule has 1 amide bonds. The van der Waals surface area contributed by atoms with Crippen molar-refractivity contribution in [2.75, 3.05) is 13.1 Å². The number of hydrogen-bond donors (Lipinski definition) is 0. The summed E-state index contributed by atoms with van der Waals surface area (Å²) in [4.78, 5) is 15.0. The highest BCUT2D eigenvalue weighted by Crippen LogP contribution is 2.25. The Hall–Kier alpha value is -2.96. The van der Waals surface area contributed by atoms with Crippen molar-refractivity contribution in [2.45, 2.75) is 53.0 Å². The number of carbonyl (C=O) groups excluding carboxylic acids is 1. The van der Waals surface area contributed by atoms with Gasteiger partial charge in [-0.25, -0.2) is 4.39 Å². The zero-order chi connectivity index (χ0) is 22.0. The van der Waals surface area contributed by atoms with Crippen molar-refractivity contribution >= 4 is 5.91 Å². The number of halogens is 1. The van der Waals surface area contributed by atoms with Crippen LogP contribution in [0.15, 0.2) is 34.9 Å². The summed E-state index contributed by atoms with van der Waals surface area (Å²) in [7, 11) is 0. The van der Waals surface area contributed by atoms with Crippen LogP contribution in [-0.2, 0) is 13.0 Å². The van der Waals surface area contributed by atoms with Gasteiger partial charge in [-0.2, -0.15) is 5.10 Å². The summed E-state index contributed by atoms with van der Waals surface area (Å²) >= 11 is 0. The molecule has 0 atom stereocenters. The first kappa shape index (κ1) is 21.3. The van der Waals surface area contributed by atoms with Crippen LogP contribution in [-0.4, -0.2) is 38.8 Å². The van der Waals surface area contributed by atoms with Crippen LogP contribution in [0.1, 0.15) is 58.0 Å². The number of hydrogen-bond acceptors (Lipinski definition) is 4. The third-order valence-electron chi connectivity index (χ3n) is 6.28. The normalized spacial score (nSPS) is 14.9. The van der Waals surface area contributed by atoms with Crippen molar-refractivity contribution in [1.82, 2.24) is 19.8 Å². The molecule has 0 bridgehead atoms. The van der Waals surface area contributed by atoms with Crippen LogP contribution in [0.4, 0.5) is 4.39 Å². The van der Waals surface area contributed by atoms with Gasteiger partial charge in [-0.05, 0) is 70.1 Å². The van der Waals surface area contributed by atoms with E-state index in [4.69, 9.17) is 4.52 Å². The number of rotatable bonds is 6. The number of carbonyl (C=O) groups is 1. The van der Waals surface area contributed by atoms with Gasteiger partial charge >= 0.3 is 0 Å². The molecule has 6 nitrogen and oxygen atoms in total. The zero-order valence-electron chi connectivity index (χ0n) is 18.4. The summed E-state index contributed by atoms with van der Waals surface area (Å²) in [5, 5.41) is 8.58. The lowest BCUT2D eigenvalue weighted by Gasteiger charge is -2.31. The van der Waals surface area contributed by atoms with Crippen LogP contribution in [0.25, 0.3) is 0 Å². The Morgan fingerprint density at radius 2 is 1.94 bits per heavy atom. The number of amides is 1. The first-order valence-electron chi connectivity index (χ1n) is 10.9. The number of nitrogens with zero attached hydrogens (tertiary/aromatic N) is 4. The molecule has 0 spiro atoms. The molecule has 1 saturated heterocycles. The highest BCUT2D eigenvalue weighted by atomic mass is 19.1. The second-order valence-electron chi connectivity index (χ2n) is 8.52. The van der Waals surface area contributed by atoms with Crippen LogP contribution in [0.3, 0.4) is 0 Å². The molecule has 1 aromatic carbocycles. The average Bonchev–Trinajstić information content (AvgIpc) is 3.28. The molecular weight excluding hydrogens is 395 g/mol. The third kappa shape index (κ3) is 4.70. The van der Waals surface area contributed by atoms with Gasteiger partial charge in [0.25, 0.3) is 5.91 Å². The predicted octanol–water partition coefficient (Wildman–Crippen LogP) is 4.47. The average molecular weight is 425 g/mol. The zero-order valence-corrected chi connectivity index (χ0v) is 18.4. The molecule has 1 aliphatic heterocycles. The largest absolute Gasteiger partial charge is 0.361 e. The maximum atomic E-state index is 13.8. The monoisotopic (exact) mass is 424 g/mol. The molecule has 0 N–H and O–H groups in total. The molecule has 2 aromatic heterocycles. The number of aromatic nitrogens is 3. The number of likely N-dealkylation sites (tertiary alicyclic amines) is 1. The summed E-state index contributed by atoms with van der Waals surface area (Å²) in [6.07, 6.45) is 3.52. The van der Waals surface area contributed by atoms with Crippen LogP contribution >= 0.6 is 0 Å². The Kier molecular flexibility index (Phi) is 6.20. The number of benzene rings is 1. The Labute approximate surface area is 182 Å². The highest BCUT2D eigenvalue weighted by molar-refractivity contribution is 5.93. The van der Waals surface area contributed by atoms with E-state index < -0.39 is 0 Å². The van der Waals surface area contributed by atoms with E-state index in [0.717, 1.165) is 48.2 Å². The lowest BCUT2D eigenvalue weighted by Crippen LogP contribution is -2.39. The molecule has 7 heteroatoms. The Morgan fingerprint density at radius 1 is 1.19 bits per heavy atom. The van der Waals surface area contributed by atoms with Crippen molar-refractivity contribution in [3.05, 3.63) is 70.1 Å². The Balaban J connectivity index is 1.37. The highest BCUT2D eigenvalue weighted by Gasteiger charge is 2.28. The van der Waals surface area contributed by atoms with Gasteiger partial charge in [0.1, 0.15) is 11.6 Å². The fraction of sp³-hybridized carbons (Fsp3) is 0.458. The van der Waals surface area contributed by atoms with E-state index in [1.54, 1.807) is 6.07 Å². The minimum absolute atomic E-state index is 0.0825. The van der Waals surface area contributed by atoms with Gasteiger partial charge < -0.3 is 9.42 Å². The number of piperidine rings is 1. The van der Waals surface area contributed by atoms with Gasteiger partial charge in [0.2, 0.25) is 0 Å². The van der Waals surface area contributed by atoms with Gasteiger partial charge in [0.15, 0.2) is 5.69 Å². The molecule has 31 heavy (non-hydrogen) atoms. The van der Waals surface area contributed by atoms with E-state index >= 15 is 0 Å². The number of aryl methyl sites for hydroxylation is 4. The van der Waals surface area contributed by atoms with Crippen LogP contribution in [0, 0.1) is 32.5 Å². The van der Waals surface area contributed by atoms with E-state index in [9.17, 15) is 9.18 Å². The summed E-state index contributed by atoms with van der Waals surface area (Å²) < 4.78 is 21.1. The van der Waals surface area contributed by atoms with E-state index in [-0.39, 0.29) is 11.7 Å². The second-order valence-corrected chi connectivity index (χ2v) is 8.52. The first-order chi connectivity index (χ1) is 14.9. The van der Waals surface area contributed by atoms with E-state index in [2.05, 4.69) is 10.3 Å². The third-order valence-corrected chi connectivity index (χ3v) is 6.28. The Bertz CT molecular complexity index is 1060. The lowest BCUT2D eigenvalue weighted by atomic mass is 9.90. The van der Waals surface area contributed by atoms with Gasteiger partial charge in [-0.1, -0.05) is 23.4 Å². The van der Waals surface area contributed by atoms with Crippen LogP contribution in [0.5, 0.6) is 0 Å². The molecule has 3 aromatic rings. The standard InChI is InChI=1S/C24H29FN4O2/c1-16-14-17(2)29(26-16)15-21-18(3)31-27-23(21)24(30)28-12-10-19(11-13-28)8-9-20-6-4-5-7-22(20)25/h4-7,14,19H,8-13,15H2,1-3H3. The van der Waals surface area contributed by atoms with E-state index in [0.29, 0.717) is 37.0 Å². The molecule has 3 heterocycles. The van der Waals surface area contributed by atoms with Crippen LogP contribution < -0.4 is 0 Å². The summed E-state index contributed by atoms with van der Waals surface area (Å²) in [5.41, 5.74) is 3.92. The smallest absolute Gasteiger partial charge is 0.276 e. The fourth-order valence-corrected chi connectivity index (χ4v) is 4.37. The van der Waals surface area contributed by atoms with Crippen molar-refractivity contribution in [3.8, 4) is 0 Å². The molecule has 0 aliphatic carbocycles. The van der Waals surface area contributed by atoms with Crippen molar-refractivity contribution in [2.24, 2.45) is 5.92 Å². The maximum absolute atomic E-state index is 13.8. The van der Waals surface area contributed by atoms with Gasteiger partial charge in [0, 0.05) is 24.3 Å². The predicted molar refractivity (Wildman–Crippen MR) is 115 cm³/mol. The minimum atomic E-state index is -0.133. The SMILES string of the molecule is Cc1cc(C)n(Cc2c(C(=O)N3CCC(CCc4ccccc4F)CC3)noc2C)n1. The molecule has 164 valence electrons. The fourth-order valence-electron chi connectivity index (χ4n) is 4.37. The first-order valence-corrected chi connectivity index (χ1v) is 10.9. The maximum Gasteiger partial charge on any atom is 0.276 e. The van der Waals surface area contributed by atoms with Crippen LogP contribution in [0.2, 0.25) is 0 Å². The van der Waals surface area contributed by atoms with Crippen molar-refractivity contribution in [1.29, 1.82) is 0 Å². The molecule has 4 rings (SSSR count). The quantitative estimate of drug-likeness (QED) is 0.586. The van der Waals surface area contributed by atoms with Gasteiger partial charge in [0.05, 0.1) is 12.2 Å².